The van der Waals surface area contributed by atoms with E-state index < -0.39 is 11.8 Å². The first-order chi connectivity index (χ1) is 9.95. The summed E-state index contributed by atoms with van der Waals surface area (Å²) < 4.78 is 0.919. The van der Waals surface area contributed by atoms with E-state index in [-0.39, 0.29) is 24.9 Å². The highest BCUT2D eigenvalue weighted by molar-refractivity contribution is 9.10. The highest BCUT2D eigenvalue weighted by atomic mass is 79.9. The SMILES string of the molecule is NC(=O)CN(Cc1ccc(Br)cc1)C(=O)c1nc(N)n[nH]1. The molecule has 0 fully saturated rings. The molecule has 0 unspecified atom stereocenters. The summed E-state index contributed by atoms with van der Waals surface area (Å²) in [5.41, 5.74) is 11.4. The third-order valence-corrected chi connectivity index (χ3v) is 3.15. The lowest BCUT2D eigenvalue weighted by atomic mass is 10.2. The molecule has 1 aromatic carbocycles. The van der Waals surface area contributed by atoms with Gasteiger partial charge < -0.3 is 16.4 Å². The Balaban J connectivity index is 2.19. The number of primary amides is 1. The lowest BCUT2D eigenvalue weighted by Crippen LogP contribution is -2.38. The molecule has 0 radical (unpaired) electrons. The molecule has 0 bridgehead atoms. The molecule has 0 atom stereocenters. The number of nitrogens with two attached hydrogens (primary N) is 2. The van der Waals surface area contributed by atoms with Crippen molar-refractivity contribution >= 4 is 33.7 Å². The third-order valence-electron chi connectivity index (χ3n) is 2.63. The first-order valence-electron chi connectivity index (χ1n) is 5.95. The average molecular weight is 353 g/mol. The molecule has 2 rings (SSSR count). The van der Waals surface area contributed by atoms with Crippen LogP contribution in [0, 0.1) is 0 Å². The second-order valence-electron chi connectivity index (χ2n) is 4.30. The molecule has 21 heavy (non-hydrogen) atoms. The van der Waals surface area contributed by atoms with E-state index in [4.69, 9.17) is 11.5 Å². The van der Waals surface area contributed by atoms with Crippen molar-refractivity contribution < 1.29 is 9.59 Å². The van der Waals surface area contributed by atoms with Crippen molar-refractivity contribution in [1.29, 1.82) is 0 Å². The number of aromatic amines is 1. The van der Waals surface area contributed by atoms with Crippen molar-refractivity contribution in [1.82, 2.24) is 20.1 Å². The molecular formula is C12H13BrN6O2. The van der Waals surface area contributed by atoms with Crippen LogP contribution >= 0.6 is 15.9 Å². The van der Waals surface area contributed by atoms with Gasteiger partial charge >= 0.3 is 0 Å². The van der Waals surface area contributed by atoms with Crippen molar-refractivity contribution in [2.75, 3.05) is 12.3 Å². The number of rotatable bonds is 5. The van der Waals surface area contributed by atoms with E-state index in [0.717, 1.165) is 10.0 Å². The minimum absolute atomic E-state index is 0.0362. The average Bonchev–Trinajstić information content (AvgIpc) is 2.86. The Labute approximate surface area is 128 Å². The zero-order chi connectivity index (χ0) is 15.4. The Bertz CT molecular complexity index is 654. The van der Waals surface area contributed by atoms with Gasteiger partial charge in [-0.3, -0.25) is 14.7 Å². The maximum absolute atomic E-state index is 12.3. The molecule has 0 saturated heterocycles. The normalized spacial score (nSPS) is 10.3. The molecule has 5 N–H and O–H groups in total. The fourth-order valence-corrected chi connectivity index (χ4v) is 1.98. The lowest BCUT2D eigenvalue weighted by molar-refractivity contribution is -0.118. The van der Waals surface area contributed by atoms with Crippen molar-refractivity contribution in [2.45, 2.75) is 6.54 Å². The molecule has 0 aliphatic rings. The number of nitrogens with one attached hydrogen (secondary N) is 1. The number of amides is 2. The highest BCUT2D eigenvalue weighted by Crippen LogP contribution is 2.13. The molecule has 0 saturated carbocycles. The molecule has 0 aliphatic carbocycles. The summed E-state index contributed by atoms with van der Waals surface area (Å²) in [5, 5.41) is 6.01. The summed E-state index contributed by atoms with van der Waals surface area (Å²) >= 11 is 3.33. The van der Waals surface area contributed by atoms with Gasteiger partial charge in [-0.15, -0.1) is 5.10 Å². The Kier molecular flexibility index (Phi) is 4.53. The maximum Gasteiger partial charge on any atom is 0.292 e. The number of H-pyrrole nitrogens is 1. The van der Waals surface area contributed by atoms with Crippen molar-refractivity contribution in [3.8, 4) is 0 Å². The minimum Gasteiger partial charge on any atom is -0.368 e. The summed E-state index contributed by atoms with van der Waals surface area (Å²) in [6, 6.07) is 7.35. The third kappa shape index (κ3) is 4.02. The number of nitrogen functional groups attached to an aromatic ring is 1. The van der Waals surface area contributed by atoms with Crippen LogP contribution in [-0.4, -0.2) is 38.4 Å². The molecule has 0 aliphatic heterocycles. The van der Waals surface area contributed by atoms with Crippen LogP contribution in [0.15, 0.2) is 28.7 Å². The van der Waals surface area contributed by atoms with E-state index in [0.29, 0.717) is 0 Å². The lowest BCUT2D eigenvalue weighted by Gasteiger charge is -2.20. The van der Waals surface area contributed by atoms with Gasteiger partial charge in [-0.2, -0.15) is 4.98 Å². The maximum atomic E-state index is 12.3. The first kappa shape index (κ1) is 15.0. The molecule has 9 heteroatoms. The van der Waals surface area contributed by atoms with Crippen LogP contribution in [0.1, 0.15) is 16.2 Å². The van der Waals surface area contributed by atoms with Crippen LogP contribution in [-0.2, 0) is 11.3 Å². The van der Waals surface area contributed by atoms with Crippen molar-refractivity contribution in [3.05, 3.63) is 40.1 Å². The zero-order valence-corrected chi connectivity index (χ0v) is 12.5. The number of nitrogens with zero attached hydrogens (tertiary/aromatic N) is 3. The van der Waals surface area contributed by atoms with Crippen LogP contribution in [0.2, 0.25) is 0 Å². The fraction of sp³-hybridized carbons (Fsp3) is 0.167. The van der Waals surface area contributed by atoms with Gasteiger partial charge in [0.15, 0.2) is 0 Å². The Morgan fingerprint density at radius 2 is 1.95 bits per heavy atom. The van der Waals surface area contributed by atoms with E-state index in [1.165, 1.54) is 4.90 Å². The molecule has 1 heterocycles. The van der Waals surface area contributed by atoms with Crippen LogP contribution in [0.3, 0.4) is 0 Å². The number of hydrogen-bond acceptors (Lipinski definition) is 5. The van der Waals surface area contributed by atoms with E-state index in [1.807, 2.05) is 24.3 Å². The predicted molar refractivity (Wildman–Crippen MR) is 78.9 cm³/mol. The van der Waals surface area contributed by atoms with Crippen LogP contribution in [0.4, 0.5) is 5.95 Å². The number of anilines is 1. The molecule has 1 aromatic heterocycles. The van der Waals surface area contributed by atoms with Gasteiger partial charge in [-0.1, -0.05) is 28.1 Å². The second-order valence-corrected chi connectivity index (χ2v) is 5.21. The number of carbonyl (C=O) groups is 2. The van der Waals surface area contributed by atoms with Crippen molar-refractivity contribution in [3.63, 3.8) is 0 Å². The molecule has 2 aromatic rings. The smallest absolute Gasteiger partial charge is 0.292 e. The number of carbonyl (C=O) groups excluding carboxylic acids is 2. The molecular weight excluding hydrogens is 340 g/mol. The fourth-order valence-electron chi connectivity index (χ4n) is 1.72. The summed E-state index contributed by atoms with van der Waals surface area (Å²) in [4.78, 5) is 28.5. The second kappa shape index (κ2) is 6.35. The standard InChI is InChI=1S/C12H13BrN6O2/c13-8-3-1-7(2-4-8)5-19(6-9(14)20)11(21)10-16-12(15)18-17-10/h1-4H,5-6H2,(H2,14,20)(H3,15,16,17,18). The molecule has 8 nitrogen and oxygen atoms in total. The Morgan fingerprint density at radius 1 is 1.29 bits per heavy atom. The number of hydrogen-bond donors (Lipinski definition) is 3. The monoisotopic (exact) mass is 352 g/mol. The summed E-state index contributed by atoms with van der Waals surface area (Å²) in [6.45, 7) is -0.00877. The predicted octanol–water partition coefficient (Wildman–Crippen LogP) is 0.277. The number of benzene rings is 1. The van der Waals surface area contributed by atoms with E-state index in [1.54, 1.807) is 0 Å². The van der Waals surface area contributed by atoms with Gasteiger partial charge in [0, 0.05) is 11.0 Å². The van der Waals surface area contributed by atoms with Gasteiger partial charge in [-0.05, 0) is 17.7 Å². The van der Waals surface area contributed by atoms with Crippen molar-refractivity contribution in [2.24, 2.45) is 5.73 Å². The highest BCUT2D eigenvalue weighted by Gasteiger charge is 2.21. The van der Waals surface area contributed by atoms with Crippen LogP contribution in [0.5, 0.6) is 0 Å². The van der Waals surface area contributed by atoms with Crippen LogP contribution < -0.4 is 11.5 Å². The first-order valence-corrected chi connectivity index (χ1v) is 6.75. The quantitative estimate of drug-likeness (QED) is 0.710. The molecule has 0 spiro atoms. The molecule has 2 amide bonds. The van der Waals surface area contributed by atoms with Gasteiger partial charge in [-0.25, -0.2) is 0 Å². The van der Waals surface area contributed by atoms with Gasteiger partial charge in [0.2, 0.25) is 17.7 Å². The largest absolute Gasteiger partial charge is 0.368 e. The van der Waals surface area contributed by atoms with E-state index in [2.05, 4.69) is 31.1 Å². The zero-order valence-electron chi connectivity index (χ0n) is 10.9. The van der Waals surface area contributed by atoms with Gasteiger partial charge in [0.25, 0.3) is 5.91 Å². The summed E-state index contributed by atoms with van der Waals surface area (Å²) in [6.07, 6.45) is 0. The summed E-state index contributed by atoms with van der Waals surface area (Å²) in [7, 11) is 0. The summed E-state index contributed by atoms with van der Waals surface area (Å²) in [5.74, 6) is -1.19. The van der Waals surface area contributed by atoms with Gasteiger partial charge in [0.05, 0.1) is 0 Å². The molecule has 110 valence electrons. The topological polar surface area (TPSA) is 131 Å². The number of aromatic nitrogens is 3. The Hall–Kier alpha value is -2.42. The Morgan fingerprint density at radius 3 is 2.48 bits per heavy atom. The van der Waals surface area contributed by atoms with Gasteiger partial charge in [0.1, 0.15) is 6.54 Å². The van der Waals surface area contributed by atoms with Crippen LogP contribution in [0.25, 0.3) is 0 Å². The number of halogens is 1. The van der Waals surface area contributed by atoms with E-state index in [9.17, 15) is 9.59 Å². The van der Waals surface area contributed by atoms with E-state index >= 15 is 0 Å². The minimum atomic E-state index is -0.618.